The summed E-state index contributed by atoms with van der Waals surface area (Å²) >= 11 is 0. The fourth-order valence-corrected chi connectivity index (χ4v) is 2.14. The predicted octanol–water partition coefficient (Wildman–Crippen LogP) is 2.44. The molecule has 0 radical (unpaired) electrons. The lowest BCUT2D eigenvalue weighted by molar-refractivity contribution is -0.133. The van der Waals surface area contributed by atoms with Crippen molar-refractivity contribution in [3.8, 4) is 0 Å². The van der Waals surface area contributed by atoms with Crippen molar-refractivity contribution < 1.29 is 9.53 Å². The van der Waals surface area contributed by atoms with Crippen LogP contribution in [-0.2, 0) is 16.1 Å². The summed E-state index contributed by atoms with van der Waals surface area (Å²) in [7, 11) is 1.70. The van der Waals surface area contributed by atoms with E-state index in [1.54, 1.807) is 7.11 Å². The highest BCUT2D eigenvalue weighted by Gasteiger charge is 2.16. The normalized spacial score (nSPS) is 10.9. The Morgan fingerprint density at radius 3 is 2.57 bits per heavy atom. The molecule has 0 aliphatic rings. The molecule has 0 aliphatic heterocycles. The molecule has 4 nitrogen and oxygen atoms in total. The topological polar surface area (TPSA) is 41.6 Å². The Hall–Kier alpha value is -1.39. The van der Waals surface area contributed by atoms with Crippen molar-refractivity contribution in [3.63, 3.8) is 0 Å². The summed E-state index contributed by atoms with van der Waals surface area (Å²) in [5.41, 5.74) is 1.17. The molecule has 0 spiro atoms. The fraction of sp³-hybridized carbons (Fsp3) is 0.588. The van der Waals surface area contributed by atoms with Crippen molar-refractivity contribution in [2.75, 3.05) is 26.8 Å². The molecule has 0 aliphatic carbocycles. The Morgan fingerprint density at radius 1 is 1.24 bits per heavy atom. The Morgan fingerprint density at radius 2 is 1.95 bits per heavy atom. The van der Waals surface area contributed by atoms with Crippen molar-refractivity contribution in [2.24, 2.45) is 0 Å². The number of amides is 1. The van der Waals surface area contributed by atoms with Gasteiger partial charge in [0.25, 0.3) is 0 Å². The Labute approximate surface area is 128 Å². The molecule has 0 aromatic heterocycles. The van der Waals surface area contributed by atoms with E-state index in [1.807, 2.05) is 23.1 Å². The number of carbonyl (C=O) groups excluding carboxylic acids is 1. The van der Waals surface area contributed by atoms with Crippen LogP contribution >= 0.6 is 0 Å². The van der Waals surface area contributed by atoms with E-state index in [0.717, 1.165) is 26.1 Å². The summed E-state index contributed by atoms with van der Waals surface area (Å²) in [4.78, 5) is 14.3. The van der Waals surface area contributed by atoms with E-state index in [1.165, 1.54) is 5.56 Å². The first kappa shape index (κ1) is 17.7. The number of methoxy groups -OCH3 is 1. The lowest BCUT2D eigenvalue weighted by Crippen LogP contribution is -2.38. The van der Waals surface area contributed by atoms with E-state index in [4.69, 9.17) is 4.74 Å². The molecule has 0 saturated carbocycles. The van der Waals surface area contributed by atoms with Crippen molar-refractivity contribution >= 4 is 5.91 Å². The number of nitrogens with zero attached hydrogens (tertiary/aromatic N) is 1. The van der Waals surface area contributed by atoms with Gasteiger partial charge in [-0.1, -0.05) is 30.3 Å². The van der Waals surface area contributed by atoms with Crippen molar-refractivity contribution in [1.29, 1.82) is 0 Å². The predicted molar refractivity (Wildman–Crippen MR) is 86.1 cm³/mol. The van der Waals surface area contributed by atoms with Gasteiger partial charge in [0.1, 0.15) is 0 Å². The van der Waals surface area contributed by atoms with Crippen LogP contribution in [0.4, 0.5) is 0 Å². The van der Waals surface area contributed by atoms with Gasteiger partial charge >= 0.3 is 0 Å². The van der Waals surface area contributed by atoms with Crippen LogP contribution in [0.2, 0.25) is 0 Å². The standard InChI is InChI=1S/C17H28N2O2/c1-15(2)19(14-16-8-5-4-6-9-16)17(20)10-12-18-11-7-13-21-3/h4-6,8-9,15,18H,7,10-14H2,1-3H3. The monoisotopic (exact) mass is 292 g/mol. The second-order valence-electron chi connectivity index (χ2n) is 5.45. The molecule has 118 valence electrons. The minimum absolute atomic E-state index is 0.202. The molecule has 0 heterocycles. The van der Waals surface area contributed by atoms with Gasteiger partial charge in [0.05, 0.1) is 0 Å². The Bertz CT molecular complexity index is 393. The SMILES string of the molecule is COCCCNCCC(=O)N(Cc1ccccc1)C(C)C. The van der Waals surface area contributed by atoms with E-state index in [9.17, 15) is 4.79 Å². The van der Waals surface area contributed by atoms with Gasteiger partial charge in [-0.05, 0) is 32.4 Å². The van der Waals surface area contributed by atoms with E-state index in [0.29, 0.717) is 13.0 Å². The zero-order chi connectivity index (χ0) is 15.5. The lowest BCUT2D eigenvalue weighted by Gasteiger charge is -2.27. The van der Waals surface area contributed by atoms with Crippen LogP contribution < -0.4 is 5.32 Å². The smallest absolute Gasteiger partial charge is 0.224 e. The molecular formula is C17H28N2O2. The third-order valence-corrected chi connectivity index (χ3v) is 3.36. The zero-order valence-electron chi connectivity index (χ0n) is 13.5. The summed E-state index contributed by atoms with van der Waals surface area (Å²) in [6, 6.07) is 10.4. The largest absolute Gasteiger partial charge is 0.385 e. The lowest BCUT2D eigenvalue weighted by atomic mass is 10.1. The van der Waals surface area contributed by atoms with Gasteiger partial charge in [0, 0.05) is 39.3 Å². The van der Waals surface area contributed by atoms with Crippen LogP contribution in [0.25, 0.3) is 0 Å². The number of hydrogen-bond acceptors (Lipinski definition) is 3. The first-order chi connectivity index (χ1) is 10.1. The van der Waals surface area contributed by atoms with Gasteiger partial charge in [-0.2, -0.15) is 0 Å². The van der Waals surface area contributed by atoms with E-state index >= 15 is 0 Å². The maximum absolute atomic E-state index is 12.3. The Kier molecular flexibility index (Phi) is 8.71. The van der Waals surface area contributed by atoms with Crippen LogP contribution in [0.3, 0.4) is 0 Å². The summed E-state index contributed by atoms with van der Waals surface area (Å²) in [5.74, 6) is 0.202. The maximum atomic E-state index is 12.3. The molecule has 0 fully saturated rings. The van der Waals surface area contributed by atoms with Crippen LogP contribution in [0.1, 0.15) is 32.3 Å². The highest BCUT2D eigenvalue weighted by molar-refractivity contribution is 5.76. The second kappa shape index (κ2) is 10.4. The molecule has 0 unspecified atom stereocenters. The van der Waals surface area contributed by atoms with Crippen LogP contribution in [0, 0.1) is 0 Å². The van der Waals surface area contributed by atoms with E-state index < -0.39 is 0 Å². The summed E-state index contributed by atoms with van der Waals surface area (Å²) in [6.45, 7) is 7.18. The second-order valence-corrected chi connectivity index (χ2v) is 5.45. The first-order valence-corrected chi connectivity index (χ1v) is 7.68. The summed E-state index contributed by atoms with van der Waals surface area (Å²) in [6.07, 6.45) is 1.51. The average Bonchev–Trinajstić information content (AvgIpc) is 2.49. The summed E-state index contributed by atoms with van der Waals surface area (Å²) < 4.78 is 4.99. The number of nitrogens with one attached hydrogen (secondary N) is 1. The van der Waals surface area contributed by atoms with E-state index in [2.05, 4.69) is 31.3 Å². The number of hydrogen-bond donors (Lipinski definition) is 1. The third kappa shape index (κ3) is 7.25. The molecule has 1 aromatic carbocycles. The molecule has 0 saturated heterocycles. The molecule has 0 bridgehead atoms. The fourth-order valence-electron chi connectivity index (χ4n) is 2.14. The van der Waals surface area contributed by atoms with Crippen LogP contribution in [0.15, 0.2) is 30.3 Å². The number of rotatable bonds is 10. The third-order valence-electron chi connectivity index (χ3n) is 3.36. The minimum atomic E-state index is 0.202. The molecule has 4 heteroatoms. The number of ether oxygens (including phenoxy) is 1. The van der Waals surface area contributed by atoms with Gasteiger partial charge in [-0.25, -0.2) is 0 Å². The molecule has 1 rings (SSSR count). The average molecular weight is 292 g/mol. The van der Waals surface area contributed by atoms with Crippen molar-refractivity contribution in [2.45, 2.75) is 39.3 Å². The Balaban J connectivity index is 2.36. The highest BCUT2D eigenvalue weighted by atomic mass is 16.5. The summed E-state index contributed by atoms with van der Waals surface area (Å²) in [5, 5.41) is 3.28. The molecular weight excluding hydrogens is 264 g/mol. The van der Waals surface area contributed by atoms with Gasteiger partial charge in [-0.3, -0.25) is 4.79 Å². The molecule has 21 heavy (non-hydrogen) atoms. The van der Waals surface area contributed by atoms with Crippen LogP contribution in [-0.4, -0.2) is 43.7 Å². The quantitative estimate of drug-likeness (QED) is 0.674. The van der Waals surface area contributed by atoms with Gasteiger partial charge in [-0.15, -0.1) is 0 Å². The van der Waals surface area contributed by atoms with Gasteiger partial charge in [0.2, 0.25) is 5.91 Å². The zero-order valence-corrected chi connectivity index (χ0v) is 13.5. The van der Waals surface area contributed by atoms with Crippen molar-refractivity contribution in [3.05, 3.63) is 35.9 Å². The van der Waals surface area contributed by atoms with Crippen molar-refractivity contribution in [1.82, 2.24) is 10.2 Å². The van der Waals surface area contributed by atoms with Gasteiger partial charge in [0.15, 0.2) is 0 Å². The minimum Gasteiger partial charge on any atom is -0.385 e. The highest BCUT2D eigenvalue weighted by Crippen LogP contribution is 2.09. The number of benzene rings is 1. The molecule has 1 amide bonds. The first-order valence-electron chi connectivity index (χ1n) is 7.68. The maximum Gasteiger partial charge on any atom is 0.224 e. The van der Waals surface area contributed by atoms with Gasteiger partial charge < -0.3 is 15.0 Å². The number of carbonyl (C=O) groups is 1. The molecule has 1 N–H and O–H groups in total. The molecule has 0 atom stereocenters. The van der Waals surface area contributed by atoms with Crippen LogP contribution in [0.5, 0.6) is 0 Å². The molecule has 1 aromatic rings. The van der Waals surface area contributed by atoms with E-state index in [-0.39, 0.29) is 11.9 Å².